The first-order valence-corrected chi connectivity index (χ1v) is 7.45. The lowest BCUT2D eigenvalue weighted by Crippen LogP contribution is -1.98. The van der Waals surface area contributed by atoms with E-state index in [1.165, 1.54) is 0 Å². The average Bonchev–Trinajstić information content (AvgIpc) is 2.52. The molecule has 0 amide bonds. The summed E-state index contributed by atoms with van der Waals surface area (Å²) in [4.78, 5) is 8.47. The summed E-state index contributed by atoms with van der Waals surface area (Å²) in [7, 11) is 0. The quantitative estimate of drug-likeness (QED) is 0.662. The fraction of sp³-hybridized carbons (Fsp3) is 0. The van der Waals surface area contributed by atoms with E-state index in [0.717, 1.165) is 20.8 Å². The van der Waals surface area contributed by atoms with E-state index in [4.69, 9.17) is 4.74 Å². The molecule has 0 saturated carbocycles. The monoisotopic (exact) mass is 389 g/mol. The topological polar surface area (TPSA) is 47.0 Å². The van der Waals surface area contributed by atoms with Gasteiger partial charge in [0.2, 0.25) is 5.95 Å². The van der Waals surface area contributed by atoms with Crippen molar-refractivity contribution in [3.63, 3.8) is 0 Å². The number of benzene rings is 2. The van der Waals surface area contributed by atoms with Crippen molar-refractivity contribution < 1.29 is 4.74 Å². The first kappa shape index (κ1) is 13.8. The summed E-state index contributed by atoms with van der Waals surface area (Å²) in [5.41, 5.74) is 0.822. The zero-order chi connectivity index (χ0) is 14.5. The second-order valence-corrected chi connectivity index (χ2v) is 5.51. The van der Waals surface area contributed by atoms with Gasteiger partial charge in [-0.3, -0.25) is 0 Å². The van der Waals surface area contributed by atoms with Crippen LogP contribution in [0.1, 0.15) is 0 Å². The number of ether oxygens (including phenoxy) is 1. The first-order valence-electron chi connectivity index (χ1n) is 6.38. The lowest BCUT2D eigenvalue weighted by atomic mass is 10.3. The van der Waals surface area contributed by atoms with Crippen LogP contribution in [0.15, 0.2) is 67.0 Å². The van der Waals surface area contributed by atoms with E-state index in [1.54, 1.807) is 12.4 Å². The second-order valence-electron chi connectivity index (χ2n) is 4.26. The summed E-state index contributed by atoms with van der Waals surface area (Å²) >= 11 is 2.17. The molecule has 1 heterocycles. The number of hydrogen-bond acceptors (Lipinski definition) is 4. The number of hydrogen-bond donors (Lipinski definition) is 1. The molecule has 104 valence electrons. The Balaban J connectivity index is 1.84. The van der Waals surface area contributed by atoms with Gasteiger partial charge < -0.3 is 10.1 Å². The van der Waals surface area contributed by atoms with Crippen molar-refractivity contribution in [2.24, 2.45) is 0 Å². The molecule has 0 aliphatic rings. The van der Waals surface area contributed by atoms with E-state index >= 15 is 0 Å². The van der Waals surface area contributed by atoms with Gasteiger partial charge in [0.05, 0.1) is 5.69 Å². The Morgan fingerprint density at radius 1 is 0.857 bits per heavy atom. The summed E-state index contributed by atoms with van der Waals surface area (Å²) in [5.74, 6) is 2.06. The highest BCUT2D eigenvalue weighted by Gasteiger charge is 2.06. The van der Waals surface area contributed by atoms with Crippen molar-refractivity contribution in [1.29, 1.82) is 0 Å². The molecular formula is C16H12IN3O. The number of anilines is 2. The van der Waals surface area contributed by atoms with E-state index in [-0.39, 0.29) is 0 Å². The van der Waals surface area contributed by atoms with Gasteiger partial charge in [0.15, 0.2) is 5.75 Å². The van der Waals surface area contributed by atoms with Gasteiger partial charge in [0.1, 0.15) is 5.75 Å². The van der Waals surface area contributed by atoms with Crippen LogP contribution in [0.3, 0.4) is 0 Å². The summed E-state index contributed by atoms with van der Waals surface area (Å²) in [6.45, 7) is 0. The summed E-state index contributed by atoms with van der Waals surface area (Å²) in [6.07, 6.45) is 3.52. The predicted molar refractivity (Wildman–Crippen MR) is 91.0 cm³/mol. The van der Waals surface area contributed by atoms with Crippen molar-refractivity contribution >= 4 is 34.2 Å². The Hall–Kier alpha value is -2.15. The van der Waals surface area contributed by atoms with E-state index < -0.39 is 0 Å². The number of nitrogens with one attached hydrogen (secondary N) is 1. The molecule has 3 rings (SSSR count). The molecule has 2 aromatic carbocycles. The fourth-order valence-electron chi connectivity index (χ4n) is 1.77. The van der Waals surface area contributed by atoms with Gasteiger partial charge in [0, 0.05) is 16.0 Å². The van der Waals surface area contributed by atoms with Crippen LogP contribution >= 0.6 is 22.6 Å². The van der Waals surface area contributed by atoms with Crippen LogP contribution in [0.2, 0.25) is 0 Å². The first-order chi connectivity index (χ1) is 10.3. The molecule has 0 bridgehead atoms. The fourth-order valence-corrected chi connectivity index (χ4v) is 2.05. The van der Waals surface area contributed by atoms with E-state index in [2.05, 4.69) is 37.9 Å². The minimum Gasteiger partial charge on any atom is -0.455 e. The summed E-state index contributed by atoms with van der Waals surface area (Å²) in [6, 6.07) is 17.4. The van der Waals surface area contributed by atoms with Gasteiger partial charge in [0.25, 0.3) is 0 Å². The van der Waals surface area contributed by atoms with E-state index in [9.17, 15) is 0 Å². The van der Waals surface area contributed by atoms with Crippen LogP contribution in [0, 0.1) is 3.57 Å². The predicted octanol–water partition coefficient (Wildman–Crippen LogP) is 4.62. The molecule has 0 fully saturated rings. The van der Waals surface area contributed by atoms with Gasteiger partial charge in [-0.1, -0.05) is 30.3 Å². The highest BCUT2D eigenvalue weighted by Crippen LogP contribution is 2.30. The standard InChI is InChI=1S/C16H12IN3O/c17-12-10-18-16(19-11-12)20-14-8-4-5-9-15(14)21-13-6-2-1-3-7-13/h1-11H,(H,18,19,20). The van der Waals surface area contributed by atoms with Crippen molar-refractivity contribution in [3.05, 3.63) is 70.6 Å². The lowest BCUT2D eigenvalue weighted by molar-refractivity contribution is 0.485. The molecule has 0 atom stereocenters. The van der Waals surface area contributed by atoms with Crippen LogP contribution in [0.25, 0.3) is 0 Å². The van der Waals surface area contributed by atoms with Crippen molar-refractivity contribution in [1.82, 2.24) is 9.97 Å². The molecule has 5 heteroatoms. The van der Waals surface area contributed by atoms with Crippen LogP contribution in [-0.4, -0.2) is 9.97 Å². The molecule has 0 saturated heterocycles. The zero-order valence-corrected chi connectivity index (χ0v) is 13.2. The third-order valence-electron chi connectivity index (χ3n) is 2.72. The van der Waals surface area contributed by atoms with Crippen LogP contribution < -0.4 is 10.1 Å². The molecule has 21 heavy (non-hydrogen) atoms. The number of nitrogens with zero attached hydrogens (tertiary/aromatic N) is 2. The second kappa shape index (κ2) is 6.53. The summed E-state index contributed by atoms with van der Waals surface area (Å²) in [5, 5.41) is 3.17. The van der Waals surface area contributed by atoms with Crippen molar-refractivity contribution in [2.45, 2.75) is 0 Å². The van der Waals surface area contributed by atoms with Crippen molar-refractivity contribution in [2.75, 3.05) is 5.32 Å². The molecule has 1 N–H and O–H groups in total. The van der Waals surface area contributed by atoms with Gasteiger partial charge in [-0.2, -0.15) is 0 Å². The highest BCUT2D eigenvalue weighted by atomic mass is 127. The molecule has 0 aliphatic heterocycles. The van der Waals surface area contributed by atoms with Crippen LogP contribution in [0.4, 0.5) is 11.6 Å². The molecule has 0 unspecified atom stereocenters. The average molecular weight is 389 g/mol. The maximum Gasteiger partial charge on any atom is 0.227 e. The van der Waals surface area contributed by atoms with Crippen molar-refractivity contribution in [3.8, 4) is 11.5 Å². The number of aromatic nitrogens is 2. The van der Waals surface area contributed by atoms with E-state index in [0.29, 0.717) is 5.95 Å². The SMILES string of the molecule is Ic1cnc(Nc2ccccc2Oc2ccccc2)nc1. The third kappa shape index (κ3) is 3.69. The Morgan fingerprint density at radius 2 is 1.52 bits per heavy atom. The minimum absolute atomic E-state index is 0.541. The molecular weight excluding hydrogens is 377 g/mol. The molecule has 4 nitrogen and oxygen atoms in total. The molecule has 0 aliphatic carbocycles. The van der Waals surface area contributed by atoms with Gasteiger partial charge in [-0.25, -0.2) is 9.97 Å². The third-order valence-corrected chi connectivity index (χ3v) is 3.28. The van der Waals surface area contributed by atoms with E-state index in [1.807, 2.05) is 54.6 Å². The van der Waals surface area contributed by atoms with Gasteiger partial charge in [-0.05, 0) is 46.9 Å². The van der Waals surface area contributed by atoms with Gasteiger partial charge >= 0.3 is 0 Å². The van der Waals surface area contributed by atoms with Gasteiger partial charge in [-0.15, -0.1) is 0 Å². The molecule has 0 spiro atoms. The highest BCUT2D eigenvalue weighted by molar-refractivity contribution is 14.1. The normalized spacial score (nSPS) is 10.1. The number of para-hydroxylation sites is 3. The Labute approximate surface area is 136 Å². The number of halogens is 1. The largest absolute Gasteiger partial charge is 0.455 e. The maximum absolute atomic E-state index is 5.89. The maximum atomic E-state index is 5.89. The van der Waals surface area contributed by atoms with Crippen LogP contribution in [-0.2, 0) is 0 Å². The Bertz CT molecular complexity index is 717. The summed E-state index contributed by atoms with van der Waals surface area (Å²) < 4.78 is 6.88. The Kier molecular flexibility index (Phi) is 4.30. The molecule has 3 aromatic rings. The molecule has 0 radical (unpaired) electrons. The smallest absolute Gasteiger partial charge is 0.227 e. The van der Waals surface area contributed by atoms with Crippen LogP contribution in [0.5, 0.6) is 11.5 Å². The number of rotatable bonds is 4. The Morgan fingerprint density at radius 3 is 2.29 bits per heavy atom. The molecule has 1 aromatic heterocycles. The minimum atomic E-state index is 0.541. The lowest BCUT2D eigenvalue weighted by Gasteiger charge is -2.11. The zero-order valence-electron chi connectivity index (χ0n) is 11.0.